The van der Waals surface area contributed by atoms with Crippen LogP contribution in [-0.4, -0.2) is 32.7 Å². The van der Waals surface area contributed by atoms with Crippen LogP contribution < -0.4 is 10.9 Å². The van der Waals surface area contributed by atoms with Crippen LogP contribution in [0.5, 0.6) is 0 Å². The highest BCUT2D eigenvalue weighted by Crippen LogP contribution is 2.31. The average Bonchev–Trinajstić information content (AvgIpc) is 2.54. The van der Waals surface area contributed by atoms with Crippen molar-refractivity contribution in [3.8, 4) is 0 Å². The molecule has 1 fully saturated rings. The summed E-state index contributed by atoms with van der Waals surface area (Å²) in [6.45, 7) is 0.00178. The van der Waals surface area contributed by atoms with E-state index in [0.717, 1.165) is 5.56 Å². The Bertz CT molecular complexity index is 738. The van der Waals surface area contributed by atoms with Crippen molar-refractivity contribution < 1.29 is 9.90 Å². The lowest BCUT2D eigenvalue weighted by atomic mass is 9.75. The minimum Gasteiger partial charge on any atom is -0.393 e. The van der Waals surface area contributed by atoms with Gasteiger partial charge >= 0.3 is 0 Å². The first-order valence-corrected chi connectivity index (χ1v) is 8.13. The van der Waals surface area contributed by atoms with Gasteiger partial charge in [0.05, 0.1) is 6.10 Å². The maximum atomic E-state index is 12.3. The predicted molar refractivity (Wildman–Crippen MR) is 89.3 cm³/mol. The SMILES string of the molecule is O=C(Cn1ccccc1=O)NC(Cc1ccncc1)C1CC(O)C1. The van der Waals surface area contributed by atoms with Crippen LogP contribution in [0.25, 0.3) is 0 Å². The van der Waals surface area contributed by atoms with Gasteiger partial charge in [-0.15, -0.1) is 0 Å². The average molecular weight is 327 g/mol. The number of amides is 1. The Morgan fingerprint density at radius 1 is 1.29 bits per heavy atom. The predicted octanol–water partition coefficient (Wildman–Crippen LogP) is 0.742. The number of carbonyl (C=O) groups is 1. The van der Waals surface area contributed by atoms with Crippen LogP contribution in [0.15, 0.2) is 53.7 Å². The van der Waals surface area contributed by atoms with E-state index in [1.165, 1.54) is 10.6 Å². The van der Waals surface area contributed by atoms with Gasteiger partial charge in [0.15, 0.2) is 0 Å². The molecule has 1 atom stereocenters. The normalized spacial score (nSPS) is 20.9. The second kappa shape index (κ2) is 7.40. The standard InChI is InChI=1S/C18H21N3O3/c22-15-10-14(11-15)16(9-13-4-6-19-7-5-13)20-17(23)12-21-8-2-1-3-18(21)24/h1-8,14-16,22H,9-12H2,(H,20,23). The fraction of sp³-hybridized carbons (Fsp3) is 0.389. The molecule has 2 aromatic heterocycles. The molecule has 2 N–H and O–H groups in total. The van der Waals surface area contributed by atoms with Gasteiger partial charge in [0.25, 0.3) is 5.56 Å². The highest BCUT2D eigenvalue weighted by molar-refractivity contribution is 5.76. The van der Waals surface area contributed by atoms with Gasteiger partial charge in [-0.25, -0.2) is 0 Å². The minimum absolute atomic E-state index is 0.00178. The molecule has 0 radical (unpaired) electrons. The van der Waals surface area contributed by atoms with Crippen LogP contribution in [0.3, 0.4) is 0 Å². The number of nitrogens with one attached hydrogen (secondary N) is 1. The van der Waals surface area contributed by atoms with E-state index in [4.69, 9.17) is 0 Å². The molecule has 0 aliphatic heterocycles. The molecule has 126 valence electrons. The van der Waals surface area contributed by atoms with Crippen LogP contribution >= 0.6 is 0 Å². The Balaban J connectivity index is 1.66. The zero-order valence-electron chi connectivity index (χ0n) is 13.3. The number of rotatable bonds is 6. The fourth-order valence-corrected chi connectivity index (χ4v) is 3.07. The van der Waals surface area contributed by atoms with Gasteiger partial charge in [-0.3, -0.25) is 14.6 Å². The second-order valence-corrected chi connectivity index (χ2v) is 6.29. The molecule has 24 heavy (non-hydrogen) atoms. The van der Waals surface area contributed by atoms with Crippen molar-refractivity contribution in [2.24, 2.45) is 5.92 Å². The number of aliphatic hydroxyl groups is 1. The second-order valence-electron chi connectivity index (χ2n) is 6.29. The smallest absolute Gasteiger partial charge is 0.250 e. The van der Waals surface area contributed by atoms with Crippen molar-refractivity contribution in [2.75, 3.05) is 0 Å². The number of nitrogens with zero attached hydrogens (tertiary/aromatic N) is 2. The van der Waals surface area contributed by atoms with Gasteiger partial charge in [0.2, 0.25) is 5.91 Å². The fourth-order valence-electron chi connectivity index (χ4n) is 3.07. The van der Waals surface area contributed by atoms with Crippen LogP contribution in [0.2, 0.25) is 0 Å². The maximum Gasteiger partial charge on any atom is 0.250 e. The van der Waals surface area contributed by atoms with E-state index in [-0.39, 0.29) is 36.1 Å². The largest absolute Gasteiger partial charge is 0.393 e. The van der Waals surface area contributed by atoms with E-state index >= 15 is 0 Å². The topological polar surface area (TPSA) is 84.2 Å². The third-order valence-electron chi connectivity index (χ3n) is 4.48. The summed E-state index contributed by atoms with van der Waals surface area (Å²) < 4.78 is 1.38. The molecule has 1 saturated carbocycles. The van der Waals surface area contributed by atoms with E-state index in [2.05, 4.69) is 10.3 Å². The molecule has 2 aromatic rings. The van der Waals surface area contributed by atoms with Gasteiger partial charge in [0.1, 0.15) is 6.54 Å². The molecule has 0 aromatic carbocycles. The Hall–Kier alpha value is -2.47. The van der Waals surface area contributed by atoms with Crippen LogP contribution in [0, 0.1) is 5.92 Å². The lowest BCUT2D eigenvalue weighted by Crippen LogP contribution is -2.49. The highest BCUT2D eigenvalue weighted by atomic mass is 16.3. The first-order chi connectivity index (χ1) is 11.6. The third kappa shape index (κ3) is 4.08. The van der Waals surface area contributed by atoms with Crippen molar-refractivity contribution in [1.29, 1.82) is 0 Å². The number of hydrogen-bond acceptors (Lipinski definition) is 4. The summed E-state index contributed by atoms with van der Waals surface area (Å²) in [6.07, 6.45) is 6.87. The van der Waals surface area contributed by atoms with E-state index in [1.807, 2.05) is 12.1 Å². The molecule has 6 nitrogen and oxygen atoms in total. The summed E-state index contributed by atoms with van der Waals surface area (Å²) >= 11 is 0. The number of aliphatic hydroxyl groups excluding tert-OH is 1. The molecule has 1 aliphatic rings. The molecule has 3 rings (SSSR count). The van der Waals surface area contributed by atoms with Crippen LogP contribution in [-0.2, 0) is 17.8 Å². The molecule has 0 saturated heterocycles. The molecule has 1 unspecified atom stereocenters. The van der Waals surface area contributed by atoms with Crippen molar-refractivity contribution in [3.05, 3.63) is 64.8 Å². The van der Waals surface area contributed by atoms with Gasteiger partial charge in [-0.2, -0.15) is 0 Å². The third-order valence-corrected chi connectivity index (χ3v) is 4.48. The summed E-state index contributed by atoms with van der Waals surface area (Å²) in [5.74, 6) is 0.0633. The first kappa shape index (κ1) is 16.4. The minimum atomic E-state index is -0.274. The van der Waals surface area contributed by atoms with Crippen molar-refractivity contribution in [3.63, 3.8) is 0 Å². The molecule has 0 spiro atoms. The monoisotopic (exact) mass is 327 g/mol. The lowest BCUT2D eigenvalue weighted by Gasteiger charge is -2.38. The summed E-state index contributed by atoms with van der Waals surface area (Å²) in [7, 11) is 0. The van der Waals surface area contributed by atoms with Gasteiger partial charge in [0, 0.05) is 30.7 Å². The number of pyridine rings is 2. The first-order valence-electron chi connectivity index (χ1n) is 8.13. The van der Waals surface area contributed by atoms with E-state index < -0.39 is 0 Å². The molecule has 2 heterocycles. The van der Waals surface area contributed by atoms with E-state index in [9.17, 15) is 14.7 Å². The zero-order chi connectivity index (χ0) is 16.9. The number of aromatic nitrogens is 2. The zero-order valence-corrected chi connectivity index (χ0v) is 13.3. The molecule has 1 aliphatic carbocycles. The van der Waals surface area contributed by atoms with Gasteiger partial charge in [-0.1, -0.05) is 6.07 Å². The summed E-state index contributed by atoms with van der Waals surface area (Å²) in [6, 6.07) is 8.61. The molecular weight excluding hydrogens is 306 g/mol. The Morgan fingerprint density at radius 2 is 2.04 bits per heavy atom. The van der Waals surface area contributed by atoms with Crippen molar-refractivity contribution >= 4 is 5.91 Å². The van der Waals surface area contributed by atoms with E-state index in [0.29, 0.717) is 19.3 Å². The Labute approximate surface area is 140 Å². The van der Waals surface area contributed by atoms with Crippen molar-refractivity contribution in [2.45, 2.75) is 38.0 Å². The Morgan fingerprint density at radius 3 is 2.71 bits per heavy atom. The Kier molecular flexibility index (Phi) is 5.05. The lowest BCUT2D eigenvalue weighted by molar-refractivity contribution is -0.123. The molecular formula is C18H21N3O3. The molecule has 0 bridgehead atoms. The van der Waals surface area contributed by atoms with E-state index in [1.54, 1.807) is 30.7 Å². The molecule has 1 amide bonds. The number of carbonyl (C=O) groups excluding carboxylic acids is 1. The summed E-state index contributed by atoms with van der Waals surface area (Å²) in [5.41, 5.74) is 0.894. The van der Waals surface area contributed by atoms with Crippen LogP contribution in [0.1, 0.15) is 18.4 Å². The number of hydrogen-bond donors (Lipinski definition) is 2. The van der Waals surface area contributed by atoms with Crippen LogP contribution in [0.4, 0.5) is 0 Å². The highest BCUT2D eigenvalue weighted by Gasteiger charge is 2.34. The summed E-state index contributed by atoms with van der Waals surface area (Å²) in [4.78, 5) is 28.1. The van der Waals surface area contributed by atoms with Gasteiger partial charge in [-0.05, 0) is 48.9 Å². The van der Waals surface area contributed by atoms with Gasteiger partial charge < -0.3 is 15.0 Å². The molecule has 6 heteroatoms. The quantitative estimate of drug-likeness (QED) is 0.820. The summed E-state index contributed by atoms with van der Waals surface area (Å²) in [5, 5.41) is 12.6. The van der Waals surface area contributed by atoms with Crippen molar-refractivity contribution in [1.82, 2.24) is 14.9 Å². The maximum absolute atomic E-state index is 12.3.